The lowest BCUT2D eigenvalue weighted by Crippen LogP contribution is -2.42. The number of aliphatic hydroxyl groups is 1. The van der Waals surface area contributed by atoms with Gasteiger partial charge in [0.2, 0.25) is 0 Å². The van der Waals surface area contributed by atoms with Gasteiger partial charge in [-0.05, 0) is 38.5 Å². The highest BCUT2D eigenvalue weighted by Crippen LogP contribution is 2.11. The van der Waals surface area contributed by atoms with Gasteiger partial charge in [0.15, 0.2) is 0 Å². The maximum absolute atomic E-state index is 9.73. The van der Waals surface area contributed by atoms with Crippen molar-refractivity contribution >= 4 is 11.6 Å². The summed E-state index contributed by atoms with van der Waals surface area (Å²) < 4.78 is 5.45. The van der Waals surface area contributed by atoms with E-state index in [1.165, 1.54) is 0 Å². The van der Waals surface area contributed by atoms with Crippen LogP contribution in [-0.4, -0.2) is 29.9 Å². The summed E-state index contributed by atoms with van der Waals surface area (Å²) in [4.78, 5) is 0. The molecule has 4 heteroatoms. The van der Waals surface area contributed by atoms with E-state index in [-0.39, 0.29) is 5.54 Å². The van der Waals surface area contributed by atoms with Crippen molar-refractivity contribution in [2.45, 2.75) is 39.0 Å². The van der Waals surface area contributed by atoms with E-state index in [0.717, 1.165) is 5.56 Å². The Morgan fingerprint density at radius 3 is 2.72 bits per heavy atom. The van der Waals surface area contributed by atoms with Crippen LogP contribution >= 0.6 is 11.6 Å². The van der Waals surface area contributed by atoms with Gasteiger partial charge in [-0.15, -0.1) is 0 Å². The predicted octanol–water partition coefficient (Wildman–Crippen LogP) is 2.61. The molecule has 0 fully saturated rings. The summed E-state index contributed by atoms with van der Waals surface area (Å²) in [6.45, 7) is 7.49. The molecule has 0 aromatic heterocycles. The highest BCUT2D eigenvalue weighted by molar-refractivity contribution is 6.30. The van der Waals surface area contributed by atoms with Gasteiger partial charge in [0.05, 0.1) is 19.3 Å². The Kier molecular flexibility index (Phi) is 6.09. The van der Waals surface area contributed by atoms with E-state index in [9.17, 15) is 5.11 Å². The van der Waals surface area contributed by atoms with Gasteiger partial charge in [0, 0.05) is 17.1 Å². The Balaban J connectivity index is 2.21. The third-order valence-electron chi connectivity index (χ3n) is 2.34. The standard InChI is InChI=1S/C14H22ClNO2/c1-14(2,3)16-8-13(17)10-18-9-11-5-4-6-12(15)7-11/h4-7,13,16-17H,8-10H2,1-3H3. The van der Waals surface area contributed by atoms with Gasteiger partial charge in [-0.3, -0.25) is 0 Å². The molecule has 1 rings (SSSR count). The molecule has 0 spiro atoms. The van der Waals surface area contributed by atoms with Gasteiger partial charge in [-0.1, -0.05) is 23.7 Å². The summed E-state index contributed by atoms with van der Waals surface area (Å²) >= 11 is 5.87. The molecule has 0 aliphatic carbocycles. The molecule has 1 aromatic rings. The van der Waals surface area contributed by atoms with Crippen molar-refractivity contribution in [3.8, 4) is 0 Å². The molecule has 2 N–H and O–H groups in total. The molecule has 0 bridgehead atoms. The van der Waals surface area contributed by atoms with Gasteiger partial charge >= 0.3 is 0 Å². The Bertz CT molecular complexity index is 363. The monoisotopic (exact) mass is 271 g/mol. The second-order valence-corrected chi connectivity index (χ2v) is 5.87. The minimum absolute atomic E-state index is 0.00787. The van der Waals surface area contributed by atoms with Crippen molar-refractivity contribution in [2.24, 2.45) is 0 Å². The number of halogens is 1. The van der Waals surface area contributed by atoms with E-state index in [1.54, 1.807) is 0 Å². The summed E-state index contributed by atoms with van der Waals surface area (Å²) in [6, 6.07) is 7.53. The quantitative estimate of drug-likeness (QED) is 0.836. The molecule has 3 nitrogen and oxygen atoms in total. The first-order chi connectivity index (χ1) is 8.37. The summed E-state index contributed by atoms with van der Waals surface area (Å²) in [7, 11) is 0. The van der Waals surface area contributed by atoms with Crippen LogP contribution < -0.4 is 5.32 Å². The number of rotatable bonds is 6. The minimum atomic E-state index is -0.497. The summed E-state index contributed by atoms with van der Waals surface area (Å²) in [5.41, 5.74) is 1.02. The zero-order valence-corrected chi connectivity index (χ0v) is 12.0. The summed E-state index contributed by atoms with van der Waals surface area (Å²) in [5.74, 6) is 0. The maximum atomic E-state index is 9.73. The molecule has 0 saturated heterocycles. The molecule has 1 unspecified atom stereocenters. The van der Waals surface area contributed by atoms with E-state index in [4.69, 9.17) is 16.3 Å². The fraction of sp³-hybridized carbons (Fsp3) is 0.571. The third-order valence-corrected chi connectivity index (χ3v) is 2.57. The molecule has 0 radical (unpaired) electrons. The van der Waals surface area contributed by atoms with E-state index >= 15 is 0 Å². The lowest BCUT2D eigenvalue weighted by Gasteiger charge is -2.22. The van der Waals surface area contributed by atoms with Crippen LogP contribution in [0.25, 0.3) is 0 Å². The van der Waals surface area contributed by atoms with E-state index < -0.39 is 6.10 Å². The van der Waals surface area contributed by atoms with Crippen LogP contribution in [0.1, 0.15) is 26.3 Å². The van der Waals surface area contributed by atoms with Crippen molar-refractivity contribution in [3.63, 3.8) is 0 Å². The van der Waals surface area contributed by atoms with Crippen LogP contribution in [0, 0.1) is 0 Å². The average Bonchev–Trinajstić information content (AvgIpc) is 2.25. The molecule has 0 aliphatic rings. The van der Waals surface area contributed by atoms with Crippen LogP contribution in [0.15, 0.2) is 24.3 Å². The number of benzene rings is 1. The molecule has 18 heavy (non-hydrogen) atoms. The number of aliphatic hydroxyl groups excluding tert-OH is 1. The van der Waals surface area contributed by atoms with Crippen LogP contribution in [-0.2, 0) is 11.3 Å². The molecule has 1 atom stereocenters. The molecule has 0 heterocycles. The third kappa shape index (κ3) is 6.97. The molecular weight excluding hydrogens is 250 g/mol. The topological polar surface area (TPSA) is 41.5 Å². The number of ether oxygens (including phenoxy) is 1. The zero-order chi connectivity index (χ0) is 13.6. The van der Waals surface area contributed by atoms with Crippen molar-refractivity contribution in [2.75, 3.05) is 13.2 Å². The average molecular weight is 272 g/mol. The lowest BCUT2D eigenvalue weighted by atomic mass is 10.1. The Hall–Kier alpha value is -0.610. The lowest BCUT2D eigenvalue weighted by molar-refractivity contribution is 0.0262. The number of hydrogen-bond acceptors (Lipinski definition) is 3. The normalized spacial score (nSPS) is 13.6. The maximum Gasteiger partial charge on any atom is 0.0898 e. The smallest absolute Gasteiger partial charge is 0.0898 e. The highest BCUT2D eigenvalue weighted by Gasteiger charge is 2.12. The fourth-order valence-electron chi connectivity index (χ4n) is 1.42. The first kappa shape index (κ1) is 15.4. The van der Waals surface area contributed by atoms with Crippen molar-refractivity contribution in [1.29, 1.82) is 0 Å². The SMILES string of the molecule is CC(C)(C)NCC(O)COCc1cccc(Cl)c1. The summed E-state index contributed by atoms with van der Waals surface area (Å²) in [6.07, 6.45) is -0.497. The molecule has 0 aliphatic heterocycles. The fourth-order valence-corrected chi connectivity index (χ4v) is 1.64. The number of hydrogen-bond donors (Lipinski definition) is 2. The Morgan fingerprint density at radius 1 is 1.39 bits per heavy atom. The van der Waals surface area contributed by atoms with Crippen molar-refractivity contribution in [3.05, 3.63) is 34.9 Å². The first-order valence-electron chi connectivity index (χ1n) is 6.12. The second kappa shape index (κ2) is 7.10. The Morgan fingerprint density at radius 2 is 2.11 bits per heavy atom. The van der Waals surface area contributed by atoms with Gasteiger partial charge in [0.1, 0.15) is 0 Å². The zero-order valence-electron chi connectivity index (χ0n) is 11.2. The summed E-state index contributed by atoms with van der Waals surface area (Å²) in [5, 5.41) is 13.7. The van der Waals surface area contributed by atoms with E-state index in [1.807, 2.05) is 24.3 Å². The largest absolute Gasteiger partial charge is 0.389 e. The number of nitrogens with one attached hydrogen (secondary N) is 1. The van der Waals surface area contributed by atoms with Crippen LogP contribution in [0.5, 0.6) is 0 Å². The number of β-amino-alcohol motifs (C(OH)–C–C–N with tert-alkyl or cyclic N) is 1. The first-order valence-corrected chi connectivity index (χ1v) is 6.50. The minimum Gasteiger partial charge on any atom is -0.389 e. The Labute approximate surface area is 114 Å². The van der Waals surface area contributed by atoms with Crippen molar-refractivity contribution < 1.29 is 9.84 Å². The van der Waals surface area contributed by atoms with Gasteiger partial charge in [0.25, 0.3) is 0 Å². The van der Waals surface area contributed by atoms with Gasteiger partial charge < -0.3 is 15.2 Å². The van der Waals surface area contributed by atoms with E-state index in [2.05, 4.69) is 26.1 Å². The van der Waals surface area contributed by atoms with Crippen molar-refractivity contribution in [1.82, 2.24) is 5.32 Å². The highest BCUT2D eigenvalue weighted by atomic mass is 35.5. The van der Waals surface area contributed by atoms with Crippen LogP contribution in [0.2, 0.25) is 5.02 Å². The van der Waals surface area contributed by atoms with Crippen LogP contribution in [0.4, 0.5) is 0 Å². The molecular formula is C14H22ClNO2. The second-order valence-electron chi connectivity index (χ2n) is 5.43. The van der Waals surface area contributed by atoms with Gasteiger partial charge in [-0.25, -0.2) is 0 Å². The molecule has 0 amide bonds. The predicted molar refractivity (Wildman–Crippen MR) is 74.9 cm³/mol. The van der Waals surface area contributed by atoms with E-state index in [0.29, 0.717) is 24.8 Å². The van der Waals surface area contributed by atoms with Crippen LogP contribution in [0.3, 0.4) is 0 Å². The van der Waals surface area contributed by atoms with Gasteiger partial charge in [-0.2, -0.15) is 0 Å². The molecule has 0 saturated carbocycles. The molecule has 1 aromatic carbocycles. The molecule has 102 valence electrons.